The van der Waals surface area contributed by atoms with E-state index in [0.717, 1.165) is 6.61 Å². The van der Waals surface area contributed by atoms with Crippen LogP contribution in [0.15, 0.2) is 12.2 Å². The fourth-order valence-corrected chi connectivity index (χ4v) is 2.60. The van der Waals surface area contributed by atoms with Crippen molar-refractivity contribution in [1.29, 1.82) is 0 Å². The summed E-state index contributed by atoms with van der Waals surface area (Å²) in [5.41, 5.74) is 0. The minimum absolute atomic E-state index is 0.869. The smallest absolute Gasteiger partial charge is 0.0684 e. The Morgan fingerprint density at radius 1 is 0.636 bits per heavy atom. The van der Waals surface area contributed by atoms with E-state index in [1.165, 1.54) is 89.9 Å². The normalized spacial score (nSPS) is 11.8. The Morgan fingerprint density at radius 2 is 1.09 bits per heavy atom. The molecule has 0 bridgehead atoms. The van der Waals surface area contributed by atoms with Crippen LogP contribution in [0, 0.1) is 0 Å². The van der Waals surface area contributed by atoms with Crippen LogP contribution in [0.4, 0.5) is 0 Å². The van der Waals surface area contributed by atoms with Gasteiger partial charge in [-0.25, -0.2) is 0 Å². The molecule has 0 fully saturated rings. The zero-order valence-corrected chi connectivity index (χ0v) is 15.6. The zero-order valence-electron chi connectivity index (χ0n) is 15.6. The summed E-state index contributed by atoms with van der Waals surface area (Å²) < 4.78 is 0. The number of hydrogen-bond donors (Lipinski definition) is 0. The first-order chi connectivity index (χ1) is 10.8. The van der Waals surface area contributed by atoms with Crippen molar-refractivity contribution in [3.05, 3.63) is 12.2 Å². The van der Waals surface area contributed by atoms with Crippen molar-refractivity contribution in [2.75, 3.05) is 20.7 Å². The molecule has 132 valence electrons. The standard InChI is InChI=1S/C20H41NO/c1-4-5-6-7-8-9-10-11-12-13-14-15-16-17-18-19-20-22-21(2)3/h11-12H,4-10,13-20H2,1-3H3/b12-11-. The lowest BCUT2D eigenvalue weighted by Gasteiger charge is -2.09. The van der Waals surface area contributed by atoms with Crippen LogP contribution in [0.1, 0.15) is 96.8 Å². The van der Waals surface area contributed by atoms with Gasteiger partial charge in [-0.3, -0.25) is 4.84 Å². The maximum absolute atomic E-state index is 5.39. The summed E-state index contributed by atoms with van der Waals surface area (Å²) in [6, 6.07) is 0. The predicted octanol–water partition coefficient (Wildman–Crippen LogP) is 6.52. The third-order valence-electron chi connectivity index (χ3n) is 4.01. The third-order valence-corrected chi connectivity index (χ3v) is 4.01. The molecule has 22 heavy (non-hydrogen) atoms. The summed E-state index contributed by atoms with van der Waals surface area (Å²) in [6.45, 7) is 3.15. The molecule has 0 aromatic rings. The van der Waals surface area contributed by atoms with E-state index in [1.807, 2.05) is 14.1 Å². The SMILES string of the molecule is CCCCCCCC/C=C\CCCCCCCCON(C)C. The van der Waals surface area contributed by atoms with Gasteiger partial charge in [-0.2, -0.15) is 5.06 Å². The van der Waals surface area contributed by atoms with Gasteiger partial charge in [0.1, 0.15) is 0 Å². The van der Waals surface area contributed by atoms with Crippen molar-refractivity contribution in [3.8, 4) is 0 Å². The first kappa shape index (κ1) is 21.7. The molecule has 0 aromatic heterocycles. The van der Waals surface area contributed by atoms with Gasteiger partial charge in [0.05, 0.1) is 6.61 Å². The average Bonchev–Trinajstić information content (AvgIpc) is 2.50. The quantitative estimate of drug-likeness (QED) is 0.172. The molecule has 2 heteroatoms. The van der Waals surface area contributed by atoms with E-state index in [2.05, 4.69) is 19.1 Å². The number of nitrogens with zero attached hydrogens (tertiary/aromatic N) is 1. The second-order valence-corrected chi connectivity index (χ2v) is 6.58. The molecule has 0 rings (SSSR count). The fourth-order valence-electron chi connectivity index (χ4n) is 2.60. The topological polar surface area (TPSA) is 12.5 Å². The van der Waals surface area contributed by atoms with Gasteiger partial charge in [0, 0.05) is 14.1 Å². The molecule has 2 nitrogen and oxygen atoms in total. The Balaban J connectivity index is 3.05. The number of allylic oxidation sites excluding steroid dienone is 2. The Bertz CT molecular complexity index is 226. The molecule has 0 saturated heterocycles. The first-order valence-electron chi connectivity index (χ1n) is 9.72. The van der Waals surface area contributed by atoms with Crippen molar-refractivity contribution in [2.45, 2.75) is 96.8 Å². The molecule has 0 aliphatic rings. The van der Waals surface area contributed by atoms with Crippen molar-refractivity contribution in [3.63, 3.8) is 0 Å². The van der Waals surface area contributed by atoms with Gasteiger partial charge in [0.25, 0.3) is 0 Å². The predicted molar refractivity (Wildman–Crippen MR) is 99.1 cm³/mol. The van der Waals surface area contributed by atoms with Gasteiger partial charge in [0.15, 0.2) is 0 Å². The van der Waals surface area contributed by atoms with Gasteiger partial charge >= 0.3 is 0 Å². The Morgan fingerprint density at radius 3 is 1.59 bits per heavy atom. The van der Waals surface area contributed by atoms with E-state index in [9.17, 15) is 0 Å². The maximum atomic E-state index is 5.39. The fraction of sp³-hybridized carbons (Fsp3) is 0.900. The minimum atomic E-state index is 0.869. The highest BCUT2D eigenvalue weighted by atomic mass is 16.7. The molecule has 0 aliphatic carbocycles. The zero-order chi connectivity index (χ0) is 16.3. The van der Waals surface area contributed by atoms with E-state index in [-0.39, 0.29) is 0 Å². The monoisotopic (exact) mass is 311 g/mol. The van der Waals surface area contributed by atoms with Gasteiger partial charge in [-0.05, 0) is 32.1 Å². The number of unbranched alkanes of at least 4 members (excludes halogenated alkanes) is 12. The second kappa shape index (κ2) is 18.7. The van der Waals surface area contributed by atoms with Crippen LogP contribution < -0.4 is 0 Å². The van der Waals surface area contributed by atoms with Crippen LogP contribution >= 0.6 is 0 Å². The van der Waals surface area contributed by atoms with E-state index in [1.54, 1.807) is 5.06 Å². The van der Waals surface area contributed by atoms with Crippen molar-refractivity contribution >= 4 is 0 Å². The summed E-state index contributed by atoms with van der Waals surface area (Å²) in [5.74, 6) is 0. The minimum Gasteiger partial charge on any atom is -0.300 e. The van der Waals surface area contributed by atoms with E-state index in [0.29, 0.717) is 0 Å². The molecule has 0 aromatic carbocycles. The second-order valence-electron chi connectivity index (χ2n) is 6.58. The molecule has 0 radical (unpaired) electrons. The summed E-state index contributed by atoms with van der Waals surface area (Å²) >= 11 is 0. The van der Waals surface area contributed by atoms with Gasteiger partial charge in [-0.15, -0.1) is 0 Å². The molecule has 0 saturated carbocycles. The lowest BCUT2D eigenvalue weighted by Crippen LogP contribution is -2.13. The lowest BCUT2D eigenvalue weighted by molar-refractivity contribution is -0.120. The molecule has 0 amide bonds. The first-order valence-corrected chi connectivity index (χ1v) is 9.72. The van der Waals surface area contributed by atoms with Crippen LogP contribution in [-0.2, 0) is 4.84 Å². The van der Waals surface area contributed by atoms with Gasteiger partial charge < -0.3 is 0 Å². The highest BCUT2D eigenvalue weighted by molar-refractivity contribution is 4.81. The van der Waals surface area contributed by atoms with Crippen LogP contribution in [0.2, 0.25) is 0 Å². The molecule has 0 spiro atoms. The summed E-state index contributed by atoms with van der Waals surface area (Å²) in [4.78, 5) is 5.39. The van der Waals surface area contributed by atoms with Crippen LogP contribution in [0.5, 0.6) is 0 Å². The highest BCUT2D eigenvalue weighted by Crippen LogP contribution is 2.09. The summed E-state index contributed by atoms with van der Waals surface area (Å²) in [6.07, 6.45) is 23.8. The molecule has 0 atom stereocenters. The van der Waals surface area contributed by atoms with Crippen LogP contribution in [-0.4, -0.2) is 25.8 Å². The molecular weight excluding hydrogens is 270 g/mol. The van der Waals surface area contributed by atoms with Crippen molar-refractivity contribution < 1.29 is 4.84 Å². The molecule has 0 heterocycles. The number of hydrogen-bond acceptors (Lipinski definition) is 2. The Kier molecular flexibility index (Phi) is 18.4. The van der Waals surface area contributed by atoms with E-state index in [4.69, 9.17) is 4.84 Å². The molecule has 0 unspecified atom stereocenters. The molecular formula is C20H41NO. The van der Waals surface area contributed by atoms with Crippen LogP contribution in [0.25, 0.3) is 0 Å². The summed E-state index contributed by atoms with van der Waals surface area (Å²) in [5, 5.41) is 1.79. The van der Waals surface area contributed by atoms with Crippen LogP contribution in [0.3, 0.4) is 0 Å². The maximum Gasteiger partial charge on any atom is 0.0684 e. The molecule has 0 N–H and O–H groups in total. The molecule has 0 aliphatic heterocycles. The van der Waals surface area contributed by atoms with E-state index >= 15 is 0 Å². The average molecular weight is 312 g/mol. The van der Waals surface area contributed by atoms with Crippen molar-refractivity contribution in [1.82, 2.24) is 5.06 Å². The number of hydroxylamine groups is 2. The lowest BCUT2D eigenvalue weighted by atomic mass is 10.1. The largest absolute Gasteiger partial charge is 0.300 e. The summed E-state index contributed by atoms with van der Waals surface area (Å²) in [7, 11) is 3.89. The number of rotatable bonds is 17. The highest BCUT2D eigenvalue weighted by Gasteiger charge is 1.93. The third kappa shape index (κ3) is 19.7. The Labute approximate surface area is 140 Å². The Hall–Kier alpha value is -0.340. The van der Waals surface area contributed by atoms with Gasteiger partial charge in [0.2, 0.25) is 0 Å². The van der Waals surface area contributed by atoms with Crippen molar-refractivity contribution in [2.24, 2.45) is 0 Å². The van der Waals surface area contributed by atoms with Gasteiger partial charge in [-0.1, -0.05) is 76.9 Å². The van der Waals surface area contributed by atoms with E-state index < -0.39 is 0 Å².